The minimum Gasteiger partial charge on any atom is -0.145 e. The van der Waals surface area contributed by atoms with Crippen molar-refractivity contribution in [2.45, 2.75) is 32.1 Å². The highest BCUT2D eigenvalue weighted by Crippen LogP contribution is 2.12. The van der Waals surface area contributed by atoms with Gasteiger partial charge in [-0.1, -0.05) is 6.42 Å². The second-order valence-electron chi connectivity index (χ2n) is 2.33. The molecule has 2 nitrogen and oxygen atoms in total. The summed E-state index contributed by atoms with van der Waals surface area (Å²) in [5.41, 5.74) is 1.04. The van der Waals surface area contributed by atoms with Crippen molar-refractivity contribution >= 4 is 11.8 Å². The summed E-state index contributed by atoms with van der Waals surface area (Å²) in [6, 6.07) is 0. The molecule has 1 fully saturated rings. The molecule has 0 amide bonds. The smallest absolute Gasteiger partial charge is 0.145 e. The molecule has 1 rings (SSSR count). The average molecular weight is 124 g/mol. The van der Waals surface area contributed by atoms with Crippen LogP contribution in [0.3, 0.4) is 0 Å². The molecule has 0 aromatic heterocycles. The summed E-state index contributed by atoms with van der Waals surface area (Å²) in [6.45, 7) is 0. The summed E-state index contributed by atoms with van der Waals surface area (Å²) in [6.07, 6.45) is 7.27. The quantitative estimate of drug-likeness (QED) is 0.267. The molecule has 0 aliphatic heterocycles. The van der Waals surface area contributed by atoms with Gasteiger partial charge in [0.1, 0.15) is 0 Å². The summed E-state index contributed by atoms with van der Waals surface area (Å²) >= 11 is 0. The van der Waals surface area contributed by atoms with E-state index in [9.17, 15) is 4.79 Å². The molecular weight excluding hydrogens is 114 g/mol. The molecule has 0 spiro atoms. The molecule has 1 aliphatic rings. The maximum Gasteiger partial charge on any atom is 0.567 e. The zero-order chi connectivity index (χ0) is 6.53. The molecule has 0 radical (unpaired) electrons. The van der Waals surface area contributed by atoms with Gasteiger partial charge in [-0.2, -0.15) is 0 Å². The van der Waals surface area contributed by atoms with Crippen molar-refractivity contribution in [3.63, 3.8) is 0 Å². The molecule has 48 valence electrons. The van der Waals surface area contributed by atoms with Gasteiger partial charge in [-0.05, 0) is 12.8 Å². The lowest BCUT2D eigenvalue weighted by atomic mass is 9.99. The average Bonchev–Trinajstić information content (AvgIpc) is 1.91. The first-order valence-electron chi connectivity index (χ1n) is 3.36. The zero-order valence-electron chi connectivity index (χ0n) is 5.39. The Labute approximate surface area is 54.3 Å². The Bertz CT molecular complexity index is 165. The van der Waals surface area contributed by atoms with E-state index in [4.69, 9.17) is 0 Å². The van der Waals surface area contributed by atoms with Crippen molar-refractivity contribution in [3.05, 3.63) is 0 Å². The van der Waals surface area contributed by atoms with E-state index in [2.05, 4.69) is 4.67 Å². The number of hydrogen-bond acceptors (Lipinski definition) is 1. The van der Waals surface area contributed by atoms with Gasteiger partial charge >= 0.3 is 6.08 Å². The molecule has 2 heteroatoms. The summed E-state index contributed by atoms with van der Waals surface area (Å²) in [7, 11) is 0. The zero-order valence-corrected chi connectivity index (χ0v) is 5.39. The van der Waals surface area contributed by atoms with Gasteiger partial charge in [0.15, 0.2) is 0 Å². The molecular formula is C7H10NO+. The van der Waals surface area contributed by atoms with Gasteiger partial charge in [0.25, 0.3) is 5.71 Å². The van der Waals surface area contributed by atoms with Crippen molar-refractivity contribution in [2.75, 3.05) is 0 Å². The van der Waals surface area contributed by atoms with E-state index in [1.54, 1.807) is 6.08 Å². The van der Waals surface area contributed by atoms with Crippen LogP contribution in [0, 0.1) is 0 Å². The predicted molar refractivity (Wildman–Crippen MR) is 35.9 cm³/mol. The second kappa shape index (κ2) is 3.24. The van der Waals surface area contributed by atoms with Gasteiger partial charge in [0, 0.05) is 17.5 Å². The fraction of sp³-hybridized carbons (Fsp3) is 0.714. The van der Waals surface area contributed by atoms with Crippen molar-refractivity contribution in [1.82, 2.24) is 4.67 Å². The Morgan fingerprint density at radius 3 is 2.44 bits per heavy atom. The van der Waals surface area contributed by atoms with E-state index >= 15 is 0 Å². The monoisotopic (exact) mass is 124 g/mol. The Balaban J connectivity index is 2.60. The third-order valence-electron chi connectivity index (χ3n) is 1.63. The lowest BCUT2D eigenvalue weighted by Gasteiger charge is -2.00. The van der Waals surface area contributed by atoms with Crippen LogP contribution in [0.5, 0.6) is 0 Å². The predicted octanol–water partition coefficient (Wildman–Crippen LogP) is 0.794. The number of rotatable bonds is 0. The Morgan fingerprint density at radius 2 is 1.89 bits per heavy atom. The molecule has 0 atom stereocenters. The maximum atomic E-state index is 9.76. The van der Waals surface area contributed by atoms with Gasteiger partial charge in [-0.15, -0.1) is 4.79 Å². The SMILES string of the molecule is O=C=[N+]=C1CCCCC1. The molecule has 0 saturated heterocycles. The van der Waals surface area contributed by atoms with Gasteiger partial charge in [-0.3, -0.25) is 0 Å². The lowest BCUT2D eigenvalue weighted by Crippen LogP contribution is -2.06. The highest BCUT2D eigenvalue weighted by molar-refractivity contribution is 5.85. The molecule has 0 N–H and O–H groups in total. The summed E-state index contributed by atoms with van der Waals surface area (Å²) in [5.74, 6) is 0. The fourth-order valence-electron chi connectivity index (χ4n) is 1.14. The van der Waals surface area contributed by atoms with Crippen LogP contribution >= 0.6 is 0 Å². The largest absolute Gasteiger partial charge is 0.567 e. The third kappa shape index (κ3) is 1.85. The van der Waals surface area contributed by atoms with E-state index in [0.717, 1.165) is 18.6 Å². The Kier molecular flexibility index (Phi) is 2.26. The van der Waals surface area contributed by atoms with Crippen LogP contribution in [-0.4, -0.2) is 11.8 Å². The van der Waals surface area contributed by atoms with E-state index in [-0.39, 0.29) is 0 Å². The first kappa shape index (κ1) is 6.28. The molecule has 0 heterocycles. The van der Waals surface area contributed by atoms with Gasteiger partial charge in [0.2, 0.25) is 0 Å². The molecule has 0 bridgehead atoms. The van der Waals surface area contributed by atoms with Crippen LogP contribution in [0.2, 0.25) is 0 Å². The number of carbonyl (C=O) groups excluding carboxylic acids is 1. The lowest BCUT2D eigenvalue weighted by molar-refractivity contribution is 0.564. The normalized spacial score (nSPS) is 18.4. The summed E-state index contributed by atoms with van der Waals surface area (Å²) in [5, 5.41) is 0. The highest BCUT2D eigenvalue weighted by atomic mass is 16.1. The van der Waals surface area contributed by atoms with Crippen molar-refractivity contribution in [2.24, 2.45) is 0 Å². The van der Waals surface area contributed by atoms with Crippen LogP contribution in [0.25, 0.3) is 0 Å². The van der Waals surface area contributed by atoms with Crippen molar-refractivity contribution < 1.29 is 4.79 Å². The molecule has 0 unspecified atom stereocenters. The molecule has 1 saturated carbocycles. The Morgan fingerprint density at radius 1 is 1.22 bits per heavy atom. The second-order valence-corrected chi connectivity index (χ2v) is 2.33. The minimum atomic E-state index is 1.01. The van der Waals surface area contributed by atoms with E-state index in [0.29, 0.717) is 0 Å². The number of hydrogen-bond donors (Lipinski definition) is 0. The molecule has 1 aliphatic carbocycles. The summed E-state index contributed by atoms with van der Waals surface area (Å²) in [4.78, 5) is 9.76. The van der Waals surface area contributed by atoms with Crippen LogP contribution in [0.1, 0.15) is 32.1 Å². The third-order valence-corrected chi connectivity index (χ3v) is 1.63. The van der Waals surface area contributed by atoms with Crippen LogP contribution in [-0.2, 0) is 4.79 Å². The number of nitrogens with zero attached hydrogens (tertiary/aromatic N) is 1. The summed E-state index contributed by atoms with van der Waals surface area (Å²) < 4.78 is 3.59. The van der Waals surface area contributed by atoms with E-state index in [1.165, 1.54) is 19.3 Å². The maximum absolute atomic E-state index is 9.76. The standard InChI is InChI=1S/C7H10NO/c9-6-8-7-4-2-1-3-5-7/h1-5H2/q+1. The first-order chi connectivity index (χ1) is 4.43. The van der Waals surface area contributed by atoms with Gasteiger partial charge in [0.05, 0.1) is 0 Å². The van der Waals surface area contributed by atoms with Gasteiger partial charge in [-0.25, -0.2) is 0 Å². The minimum absolute atomic E-state index is 1.01. The Hall–Kier alpha value is -0.840. The van der Waals surface area contributed by atoms with Crippen LogP contribution in [0.15, 0.2) is 0 Å². The van der Waals surface area contributed by atoms with Crippen molar-refractivity contribution in [1.29, 1.82) is 0 Å². The van der Waals surface area contributed by atoms with Gasteiger partial charge < -0.3 is 0 Å². The first-order valence-corrected chi connectivity index (χ1v) is 3.36. The van der Waals surface area contributed by atoms with E-state index < -0.39 is 0 Å². The highest BCUT2D eigenvalue weighted by Gasteiger charge is 2.14. The molecule has 0 aromatic rings. The van der Waals surface area contributed by atoms with Crippen LogP contribution in [0.4, 0.5) is 0 Å². The topological polar surface area (TPSA) is 31.2 Å². The number of isocyanates is 1. The fourth-order valence-corrected chi connectivity index (χ4v) is 1.14. The molecule has 9 heavy (non-hydrogen) atoms. The molecule has 0 aromatic carbocycles. The van der Waals surface area contributed by atoms with Crippen molar-refractivity contribution in [3.8, 4) is 0 Å². The van der Waals surface area contributed by atoms with E-state index in [1.807, 2.05) is 0 Å². The van der Waals surface area contributed by atoms with Crippen LogP contribution < -0.4 is 4.67 Å².